The zero-order valence-corrected chi connectivity index (χ0v) is 17.3. The van der Waals surface area contributed by atoms with E-state index in [4.69, 9.17) is 4.74 Å². The third-order valence-electron chi connectivity index (χ3n) is 6.21. The minimum Gasteiger partial charge on any atom is -0.504 e. The van der Waals surface area contributed by atoms with Crippen LogP contribution >= 0.6 is 0 Å². The second kappa shape index (κ2) is 6.87. The van der Waals surface area contributed by atoms with Gasteiger partial charge in [0.15, 0.2) is 17.0 Å². The summed E-state index contributed by atoms with van der Waals surface area (Å²) in [4.78, 5) is 31.6. The number of ether oxygens (including phenoxy) is 1. The summed E-state index contributed by atoms with van der Waals surface area (Å²) in [6.07, 6.45) is 2.19. The van der Waals surface area contributed by atoms with E-state index < -0.39 is 5.54 Å². The second-order valence-electron chi connectivity index (χ2n) is 7.93. The maximum atomic E-state index is 13.6. The van der Waals surface area contributed by atoms with E-state index in [1.807, 2.05) is 24.3 Å². The molecule has 0 spiro atoms. The van der Waals surface area contributed by atoms with Gasteiger partial charge >= 0.3 is 0 Å². The maximum Gasteiger partial charge on any atom is 0.275 e. The molecule has 1 atom stereocenters. The molecule has 2 aromatic carbocycles. The molecule has 2 aliphatic rings. The molecule has 1 aromatic heterocycles. The number of phenolic OH excluding ortho intramolecular Hbond substituents is 1. The molecule has 2 aliphatic heterocycles. The first kappa shape index (κ1) is 19.2. The molecule has 2 N–H and O–H groups in total. The standard InChI is InChI=1S/C23H22N4O4/c1-23-21-16(15-5-3-4-6-17(15)25-21)9-10-26(23)20(29)13-27(22(23)30)24-12-14-7-8-18(28)19(11-14)31-2/h3-8,11-12,25,28H,9-10,13H2,1-2H3. The summed E-state index contributed by atoms with van der Waals surface area (Å²) < 4.78 is 5.11. The van der Waals surface area contributed by atoms with Gasteiger partial charge in [-0.3, -0.25) is 9.59 Å². The van der Waals surface area contributed by atoms with Crippen LogP contribution in [0.3, 0.4) is 0 Å². The van der Waals surface area contributed by atoms with E-state index in [-0.39, 0.29) is 24.1 Å². The van der Waals surface area contributed by atoms with Crippen molar-refractivity contribution in [2.45, 2.75) is 18.9 Å². The van der Waals surface area contributed by atoms with E-state index in [9.17, 15) is 14.7 Å². The van der Waals surface area contributed by atoms with Gasteiger partial charge in [0.05, 0.1) is 19.0 Å². The van der Waals surface area contributed by atoms with E-state index in [1.54, 1.807) is 24.0 Å². The summed E-state index contributed by atoms with van der Waals surface area (Å²) in [5.41, 5.74) is 2.27. The number of phenols is 1. The lowest BCUT2D eigenvalue weighted by Gasteiger charge is -2.48. The van der Waals surface area contributed by atoms with Crippen LogP contribution in [0.1, 0.15) is 23.7 Å². The normalized spacial score (nSPS) is 21.0. The van der Waals surface area contributed by atoms with Gasteiger partial charge in [0.25, 0.3) is 5.91 Å². The fourth-order valence-electron chi connectivity index (χ4n) is 4.59. The molecule has 0 bridgehead atoms. The van der Waals surface area contributed by atoms with Gasteiger partial charge in [-0.2, -0.15) is 5.10 Å². The summed E-state index contributed by atoms with van der Waals surface area (Å²) in [5, 5.41) is 16.4. The maximum absolute atomic E-state index is 13.6. The van der Waals surface area contributed by atoms with Crippen molar-refractivity contribution >= 4 is 28.9 Å². The van der Waals surface area contributed by atoms with Gasteiger partial charge in [0.1, 0.15) is 6.54 Å². The van der Waals surface area contributed by atoms with E-state index in [0.29, 0.717) is 24.3 Å². The fourth-order valence-corrected chi connectivity index (χ4v) is 4.59. The minimum atomic E-state index is -1.15. The lowest BCUT2D eigenvalue weighted by Crippen LogP contribution is -2.65. The molecule has 1 unspecified atom stereocenters. The molecule has 1 fully saturated rings. The molecule has 0 saturated carbocycles. The average molecular weight is 418 g/mol. The number of aromatic nitrogens is 1. The van der Waals surface area contributed by atoms with Crippen LogP contribution in [0.4, 0.5) is 0 Å². The molecule has 2 amide bonds. The van der Waals surface area contributed by atoms with Crippen LogP contribution in [0.15, 0.2) is 47.6 Å². The molecular formula is C23H22N4O4. The highest BCUT2D eigenvalue weighted by Gasteiger charge is 2.54. The van der Waals surface area contributed by atoms with Gasteiger partial charge in [-0.15, -0.1) is 0 Å². The lowest BCUT2D eigenvalue weighted by molar-refractivity contribution is -0.165. The van der Waals surface area contributed by atoms with E-state index >= 15 is 0 Å². The Labute approximate surface area is 178 Å². The Hall–Kier alpha value is -3.81. The van der Waals surface area contributed by atoms with Crippen molar-refractivity contribution in [3.8, 4) is 11.5 Å². The molecule has 5 rings (SSSR count). The number of hydrazone groups is 1. The van der Waals surface area contributed by atoms with Crippen LogP contribution in [0.2, 0.25) is 0 Å². The molecule has 158 valence electrons. The number of hydrogen-bond donors (Lipinski definition) is 2. The van der Waals surface area contributed by atoms with Crippen molar-refractivity contribution in [2.24, 2.45) is 5.10 Å². The van der Waals surface area contributed by atoms with Crippen LogP contribution in [0, 0.1) is 0 Å². The number of aromatic hydroxyl groups is 1. The average Bonchev–Trinajstić information content (AvgIpc) is 3.16. The highest BCUT2D eigenvalue weighted by Crippen LogP contribution is 2.42. The number of piperazine rings is 1. The van der Waals surface area contributed by atoms with Crippen molar-refractivity contribution < 1.29 is 19.4 Å². The Kier molecular flexibility index (Phi) is 4.25. The van der Waals surface area contributed by atoms with Crippen molar-refractivity contribution in [1.29, 1.82) is 0 Å². The predicted octanol–water partition coefficient (Wildman–Crippen LogP) is 2.36. The lowest BCUT2D eigenvalue weighted by atomic mass is 9.83. The number of carbonyl (C=O) groups excluding carboxylic acids is 2. The number of nitrogens with one attached hydrogen (secondary N) is 1. The Morgan fingerprint density at radius 3 is 2.84 bits per heavy atom. The molecule has 8 heteroatoms. The number of methoxy groups -OCH3 is 1. The highest BCUT2D eigenvalue weighted by atomic mass is 16.5. The van der Waals surface area contributed by atoms with E-state index in [1.165, 1.54) is 24.4 Å². The first-order valence-corrected chi connectivity index (χ1v) is 10.1. The van der Waals surface area contributed by atoms with Gasteiger partial charge in [-0.05, 0) is 48.7 Å². The Morgan fingerprint density at radius 1 is 1.23 bits per heavy atom. The van der Waals surface area contributed by atoms with Gasteiger partial charge in [0.2, 0.25) is 5.91 Å². The van der Waals surface area contributed by atoms with Crippen LogP contribution < -0.4 is 4.74 Å². The van der Waals surface area contributed by atoms with Gasteiger partial charge in [-0.25, -0.2) is 5.01 Å². The Morgan fingerprint density at radius 2 is 2.03 bits per heavy atom. The monoisotopic (exact) mass is 418 g/mol. The van der Waals surface area contributed by atoms with Gasteiger partial charge in [-0.1, -0.05) is 18.2 Å². The molecular weight excluding hydrogens is 396 g/mol. The molecule has 1 saturated heterocycles. The SMILES string of the molecule is COc1cc(C=NN2CC(=O)N3CCc4c([nH]c5ccccc45)C3(C)C2=O)ccc1O. The summed E-state index contributed by atoms with van der Waals surface area (Å²) in [6.45, 7) is 2.16. The van der Waals surface area contributed by atoms with Crippen molar-refractivity contribution in [3.63, 3.8) is 0 Å². The summed E-state index contributed by atoms with van der Waals surface area (Å²) in [7, 11) is 1.46. The van der Waals surface area contributed by atoms with Crippen LogP contribution in [0.25, 0.3) is 10.9 Å². The van der Waals surface area contributed by atoms with Crippen LogP contribution in [-0.4, -0.2) is 58.2 Å². The summed E-state index contributed by atoms with van der Waals surface area (Å²) in [5.74, 6) is -0.0906. The quantitative estimate of drug-likeness (QED) is 0.638. The third kappa shape index (κ3) is 2.78. The number of aromatic amines is 1. The van der Waals surface area contributed by atoms with E-state index in [0.717, 1.165) is 22.2 Å². The highest BCUT2D eigenvalue weighted by molar-refractivity contribution is 6.01. The summed E-state index contributed by atoms with van der Waals surface area (Å²) >= 11 is 0. The number of H-pyrrole nitrogens is 1. The largest absolute Gasteiger partial charge is 0.504 e. The molecule has 8 nitrogen and oxygen atoms in total. The smallest absolute Gasteiger partial charge is 0.275 e. The number of nitrogens with zero attached hydrogens (tertiary/aromatic N) is 3. The third-order valence-corrected chi connectivity index (χ3v) is 6.21. The molecule has 3 aromatic rings. The van der Waals surface area contributed by atoms with Crippen molar-refractivity contribution in [3.05, 3.63) is 59.3 Å². The van der Waals surface area contributed by atoms with Crippen LogP contribution in [-0.2, 0) is 21.5 Å². The fraction of sp³-hybridized carbons (Fsp3) is 0.261. The molecule has 0 aliphatic carbocycles. The topological polar surface area (TPSA) is 98.2 Å². The zero-order valence-electron chi connectivity index (χ0n) is 17.3. The number of carbonyl (C=O) groups is 2. The number of hydrogen-bond acceptors (Lipinski definition) is 5. The number of fused-ring (bicyclic) bond motifs is 5. The second-order valence-corrected chi connectivity index (χ2v) is 7.93. The van der Waals surface area contributed by atoms with Crippen LogP contribution in [0.5, 0.6) is 11.5 Å². The first-order valence-electron chi connectivity index (χ1n) is 10.1. The molecule has 31 heavy (non-hydrogen) atoms. The van der Waals surface area contributed by atoms with Gasteiger partial charge in [0, 0.05) is 17.4 Å². The van der Waals surface area contributed by atoms with Gasteiger partial charge < -0.3 is 19.7 Å². The minimum absolute atomic E-state index is 0.0144. The molecule has 3 heterocycles. The summed E-state index contributed by atoms with van der Waals surface area (Å²) in [6, 6.07) is 12.7. The predicted molar refractivity (Wildman–Crippen MR) is 115 cm³/mol. The Bertz CT molecular complexity index is 1250. The Balaban J connectivity index is 1.53. The number of benzene rings is 2. The zero-order chi connectivity index (χ0) is 21.8. The van der Waals surface area contributed by atoms with Crippen molar-refractivity contribution in [2.75, 3.05) is 20.2 Å². The molecule has 0 radical (unpaired) electrons. The van der Waals surface area contributed by atoms with E-state index in [2.05, 4.69) is 10.1 Å². The number of rotatable bonds is 3. The number of amides is 2. The number of para-hydroxylation sites is 1. The first-order chi connectivity index (χ1) is 14.9. The van der Waals surface area contributed by atoms with Crippen molar-refractivity contribution in [1.82, 2.24) is 14.9 Å².